The fourth-order valence-electron chi connectivity index (χ4n) is 2.59. The normalized spacial score (nSPS) is 17.8. The summed E-state index contributed by atoms with van der Waals surface area (Å²) in [6, 6.07) is 0. The summed E-state index contributed by atoms with van der Waals surface area (Å²) in [7, 11) is 1.85. The average Bonchev–Trinajstić information content (AvgIpc) is 3.02. The topological polar surface area (TPSA) is 73.0 Å². The first-order valence-electron chi connectivity index (χ1n) is 6.86. The molecule has 2 heterocycles. The van der Waals surface area contributed by atoms with E-state index in [0.717, 1.165) is 36.1 Å². The summed E-state index contributed by atoms with van der Waals surface area (Å²) in [5.41, 5.74) is 2.38. The number of rotatable bonds is 3. The first kappa shape index (κ1) is 12.9. The van der Waals surface area contributed by atoms with Gasteiger partial charge in [0.1, 0.15) is 5.76 Å². The molecule has 1 aliphatic rings. The van der Waals surface area contributed by atoms with Crippen molar-refractivity contribution in [1.29, 1.82) is 0 Å². The quantitative estimate of drug-likeness (QED) is 0.919. The van der Waals surface area contributed by atoms with E-state index in [0.29, 0.717) is 18.2 Å². The summed E-state index contributed by atoms with van der Waals surface area (Å²) in [6.45, 7) is 2.64. The van der Waals surface area contributed by atoms with Crippen molar-refractivity contribution >= 4 is 5.91 Å². The van der Waals surface area contributed by atoms with Crippen LogP contribution in [0.1, 0.15) is 40.7 Å². The van der Waals surface area contributed by atoms with Crippen LogP contribution in [0.15, 0.2) is 16.9 Å². The van der Waals surface area contributed by atoms with Crippen LogP contribution in [-0.2, 0) is 26.4 Å². The van der Waals surface area contributed by atoms with Crippen LogP contribution in [0.4, 0.5) is 0 Å². The summed E-state index contributed by atoms with van der Waals surface area (Å²) in [5, 5.41) is 10.9. The zero-order valence-electron chi connectivity index (χ0n) is 11.7. The van der Waals surface area contributed by atoms with E-state index in [4.69, 9.17) is 4.52 Å². The molecule has 6 nitrogen and oxygen atoms in total. The van der Waals surface area contributed by atoms with Crippen LogP contribution < -0.4 is 5.32 Å². The Balaban J connectivity index is 1.70. The highest BCUT2D eigenvalue weighted by atomic mass is 16.5. The fraction of sp³-hybridized carbons (Fsp3) is 0.500. The molecule has 0 saturated carbocycles. The van der Waals surface area contributed by atoms with E-state index in [1.165, 1.54) is 0 Å². The number of aryl methyl sites for hydroxylation is 2. The van der Waals surface area contributed by atoms with Crippen LogP contribution in [0, 0.1) is 5.92 Å². The van der Waals surface area contributed by atoms with Gasteiger partial charge in [0.25, 0.3) is 5.91 Å². The number of hydrogen-bond donors (Lipinski definition) is 1. The van der Waals surface area contributed by atoms with E-state index in [2.05, 4.69) is 22.5 Å². The van der Waals surface area contributed by atoms with Crippen molar-refractivity contribution in [3.63, 3.8) is 0 Å². The molecule has 0 unspecified atom stereocenters. The van der Waals surface area contributed by atoms with Gasteiger partial charge in [0.2, 0.25) is 0 Å². The third kappa shape index (κ3) is 2.45. The van der Waals surface area contributed by atoms with Gasteiger partial charge in [-0.25, -0.2) is 0 Å². The molecule has 1 amide bonds. The predicted molar refractivity (Wildman–Crippen MR) is 72.1 cm³/mol. The smallest absolute Gasteiger partial charge is 0.274 e. The molecule has 0 aromatic carbocycles. The fourth-order valence-corrected chi connectivity index (χ4v) is 2.59. The Labute approximate surface area is 117 Å². The summed E-state index contributed by atoms with van der Waals surface area (Å²) in [6.07, 6.45) is 6.45. The molecule has 1 N–H and O–H groups in total. The molecule has 0 radical (unpaired) electrons. The zero-order valence-corrected chi connectivity index (χ0v) is 11.7. The SMILES string of the molecule is C[C@@H]1CCc2onc(C(=O)NCc3cnn(C)c3)c2C1. The van der Waals surface area contributed by atoms with Crippen molar-refractivity contribution in [1.82, 2.24) is 20.3 Å². The maximum atomic E-state index is 12.2. The number of carbonyl (C=O) groups is 1. The van der Waals surface area contributed by atoms with E-state index in [1.807, 2.05) is 13.2 Å². The molecule has 0 bridgehead atoms. The number of carbonyl (C=O) groups excluding carboxylic acids is 1. The van der Waals surface area contributed by atoms with Crippen LogP contribution in [0.25, 0.3) is 0 Å². The molecule has 2 aromatic heterocycles. The van der Waals surface area contributed by atoms with E-state index in [-0.39, 0.29) is 5.91 Å². The molecule has 0 aliphatic heterocycles. The van der Waals surface area contributed by atoms with Crippen molar-refractivity contribution in [2.75, 3.05) is 0 Å². The van der Waals surface area contributed by atoms with Gasteiger partial charge in [-0.3, -0.25) is 9.48 Å². The van der Waals surface area contributed by atoms with Crippen molar-refractivity contribution in [2.24, 2.45) is 13.0 Å². The second-order valence-corrected chi connectivity index (χ2v) is 5.49. The summed E-state index contributed by atoms with van der Waals surface area (Å²) in [4.78, 5) is 12.2. The van der Waals surface area contributed by atoms with Gasteiger partial charge in [-0.15, -0.1) is 0 Å². The number of aromatic nitrogens is 3. The Kier molecular flexibility index (Phi) is 3.30. The van der Waals surface area contributed by atoms with Gasteiger partial charge in [0.15, 0.2) is 5.69 Å². The predicted octanol–water partition coefficient (Wildman–Crippen LogP) is 1.46. The highest BCUT2D eigenvalue weighted by molar-refractivity contribution is 5.93. The van der Waals surface area contributed by atoms with Crippen LogP contribution in [0.3, 0.4) is 0 Å². The largest absolute Gasteiger partial charge is 0.360 e. The Morgan fingerprint density at radius 2 is 2.45 bits per heavy atom. The first-order valence-corrected chi connectivity index (χ1v) is 6.86. The Hall–Kier alpha value is -2.11. The van der Waals surface area contributed by atoms with Crippen LogP contribution in [0.5, 0.6) is 0 Å². The molecule has 2 aromatic rings. The van der Waals surface area contributed by atoms with Crippen molar-refractivity contribution in [3.05, 3.63) is 35.0 Å². The third-order valence-corrected chi connectivity index (χ3v) is 3.71. The Bertz CT molecular complexity index is 629. The number of nitrogens with one attached hydrogen (secondary N) is 1. The highest BCUT2D eigenvalue weighted by Crippen LogP contribution is 2.27. The van der Waals surface area contributed by atoms with Gasteiger partial charge < -0.3 is 9.84 Å². The lowest BCUT2D eigenvalue weighted by Gasteiger charge is -2.16. The first-order chi connectivity index (χ1) is 9.63. The molecule has 0 saturated heterocycles. The Morgan fingerprint density at radius 3 is 3.20 bits per heavy atom. The molecular formula is C14H18N4O2. The average molecular weight is 274 g/mol. The summed E-state index contributed by atoms with van der Waals surface area (Å²) in [5.74, 6) is 1.27. The van der Waals surface area contributed by atoms with E-state index >= 15 is 0 Å². The van der Waals surface area contributed by atoms with Gasteiger partial charge in [0, 0.05) is 37.3 Å². The lowest BCUT2D eigenvalue weighted by molar-refractivity contribution is 0.0941. The summed E-state index contributed by atoms with van der Waals surface area (Å²) >= 11 is 0. The van der Waals surface area contributed by atoms with E-state index < -0.39 is 0 Å². The van der Waals surface area contributed by atoms with Crippen LogP contribution in [0.2, 0.25) is 0 Å². The number of hydrogen-bond acceptors (Lipinski definition) is 4. The van der Waals surface area contributed by atoms with Crippen molar-refractivity contribution in [3.8, 4) is 0 Å². The van der Waals surface area contributed by atoms with E-state index in [9.17, 15) is 4.79 Å². The minimum absolute atomic E-state index is 0.173. The maximum absolute atomic E-state index is 12.2. The lowest BCUT2D eigenvalue weighted by atomic mass is 9.88. The highest BCUT2D eigenvalue weighted by Gasteiger charge is 2.26. The monoisotopic (exact) mass is 274 g/mol. The molecule has 3 rings (SSSR count). The molecule has 1 atom stereocenters. The lowest BCUT2D eigenvalue weighted by Crippen LogP contribution is -2.25. The van der Waals surface area contributed by atoms with Crippen molar-refractivity contribution in [2.45, 2.75) is 32.7 Å². The van der Waals surface area contributed by atoms with Gasteiger partial charge in [-0.05, 0) is 18.8 Å². The number of fused-ring (bicyclic) bond motifs is 1. The second-order valence-electron chi connectivity index (χ2n) is 5.49. The molecule has 1 aliphatic carbocycles. The molecule has 6 heteroatoms. The van der Waals surface area contributed by atoms with E-state index in [1.54, 1.807) is 10.9 Å². The van der Waals surface area contributed by atoms with Gasteiger partial charge in [-0.1, -0.05) is 12.1 Å². The molecular weight excluding hydrogens is 256 g/mol. The van der Waals surface area contributed by atoms with Gasteiger partial charge in [-0.2, -0.15) is 5.10 Å². The van der Waals surface area contributed by atoms with Crippen LogP contribution >= 0.6 is 0 Å². The Morgan fingerprint density at radius 1 is 1.60 bits per heavy atom. The minimum atomic E-state index is -0.173. The summed E-state index contributed by atoms with van der Waals surface area (Å²) < 4.78 is 6.99. The zero-order chi connectivity index (χ0) is 14.1. The standard InChI is InChI=1S/C14H18N4O2/c1-9-3-4-12-11(5-9)13(17-20-12)14(19)15-6-10-7-16-18(2)8-10/h7-9H,3-6H2,1-2H3,(H,15,19)/t9-/m1/s1. The number of nitrogens with zero attached hydrogens (tertiary/aromatic N) is 3. The number of amides is 1. The minimum Gasteiger partial charge on any atom is -0.360 e. The molecule has 0 fully saturated rings. The van der Waals surface area contributed by atoms with Crippen molar-refractivity contribution < 1.29 is 9.32 Å². The molecule has 20 heavy (non-hydrogen) atoms. The second kappa shape index (κ2) is 5.11. The third-order valence-electron chi connectivity index (χ3n) is 3.71. The maximum Gasteiger partial charge on any atom is 0.274 e. The van der Waals surface area contributed by atoms with Gasteiger partial charge >= 0.3 is 0 Å². The van der Waals surface area contributed by atoms with Crippen LogP contribution in [-0.4, -0.2) is 20.8 Å². The molecule has 106 valence electrons. The molecule has 0 spiro atoms. The van der Waals surface area contributed by atoms with Gasteiger partial charge in [0.05, 0.1) is 6.20 Å².